The predicted octanol–water partition coefficient (Wildman–Crippen LogP) is -0.530. The average Bonchev–Trinajstić information content (AvgIpc) is 2.48. The molecular formula is C11H19N3O4. The number of hydrogen-bond acceptors (Lipinski definition) is 4. The second kappa shape index (κ2) is 5.81. The molecule has 0 atom stereocenters. The fraction of sp³-hybridized carbons (Fsp3) is 0.727. The van der Waals surface area contributed by atoms with E-state index in [1.54, 1.807) is 21.0 Å². The molecule has 1 heterocycles. The number of rotatable bonds is 6. The van der Waals surface area contributed by atoms with Gasteiger partial charge in [-0.2, -0.15) is 0 Å². The highest BCUT2D eigenvalue weighted by molar-refractivity contribution is 6.07. The van der Waals surface area contributed by atoms with Gasteiger partial charge in [-0.3, -0.25) is 14.9 Å². The van der Waals surface area contributed by atoms with Crippen molar-refractivity contribution in [2.45, 2.75) is 25.8 Å². The van der Waals surface area contributed by atoms with E-state index in [-0.39, 0.29) is 18.4 Å². The highest BCUT2D eigenvalue weighted by Gasteiger charge is 2.46. The van der Waals surface area contributed by atoms with Crippen LogP contribution in [0.1, 0.15) is 20.3 Å². The maximum Gasteiger partial charge on any atom is 0.325 e. The molecule has 0 aromatic carbocycles. The van der Waals surface area contributed by atoms with Gasteiger partial charge in [0.05, 0.1) is 0 Å². The van der Waals surface area contributed by atoms with Gasteiger partial charge in [-0.05, 0) is 20.3 Å². The average molecular weight is 257 g/mol. The number of carbonyl (C=O) groups excluding carboxylic acids is 3. The minimum absolute atomic E-state index is 0.127. The zero-order valence-electron chi connectivity index (χ0n) is 10.9. The first kappa shape index (κ1) is 14.4. The van der Waals surface area contributed by atoms with Crippen molar-refractivity contribution >= 4 is 17.8 Å². The summed E-state index contributed by atoms with van der Waals surface area (Å²) in [6.45, 7) is 4.12. The van der Waals surface area contributed by atoms with E-state index in [1.807, 2.05) is 0 Å². The molecule has 7 nitrogen and oxygen atoms in total. The summed E-state index contributed by atoms with van der Waals surface area (Å²) in [6, 6.07) is -0.531. The number of hydrogen-bond donors (Lipinski definition) is 2. The number of nitrogens with one attached hydrogen (secondary N) is 2. The van der Waals surface area contributed by atoms with Gasteiger partial charge in [0.15, 0.2) is 0 Å². The Morgan fingerprint density at radius 2 is 2.11 bits per heavy atom. The molecule has 1 aliphatic heterocycles. The highest BCUT2D eigenvalue weighted by Crippen LogP contribution is 2.19. The van der Waals surface area contributed by atoms with Gasteiger partial charge in [-0.1, -0.05) is 0 Å². The smallest absolute Gasteiger partial charge is 0.325 e. The Bertz CT molecular complexity index is 354. The molecule has 18 heavy (non-hydrogen) atoms. The predicted molar refractivity (Wildman–Crippen MR) is 63.8 cm³/mol. The molecular weight excluding hydrogens is 238 g/mol. The van der Waals surface area contributed by atoms with Crippen LogP contribution in [0.5, 0.6) is 0 Å². The lowest BCUT2D eigenvalue weighted by Gasteiger charge is -2.27. The van der Waals surface area contributed by atoms with Gasteiger partial charge in [0.1, 0.15) is 12.1 Å². The SMILES string of the molecule is COCCCNC(=O)CN1C(=O)NC(=O)C1(C)C. The Balaban J connectivity index is 2.44. The highest BCUT2D eigenvalue weighted by atomic mass is 16.5. The minimum atomic E-state index is -0.985. The first-order valence-electron chi connectivity index (χ1n) is 5.78. The van der Waals surface area contributed by atoms with Crippen molar-refractivity contribution in [2.75, 3.05) is 26.8 Å². The molecule has 0 aromatic rings. The molecule has 1 rings (SSSR count). The monoisotopic (exact) mass is 257 g/mol. The Labute approximate surface area is 106 Å². The fourth-order valence-electron chi connectivity index (χ4n) is 1.61. The lowest BCUT2D eigenvalue weighted by Crippen LogP contribution is -2.49. The van der Waals surface area contributed by atoms with E-state index < -0.39 is 11.6 Å². The molecule has 4 amide bonds. The van der Waals surface area contributed by atoms with Gasteiger partial charge in [0, 0.05) is 20.3 Å². The largest absolute Gasteiger partial charge is 0.385 e. The van der Waals surface area contributed by atoms with Gasteiger partial charge in [0.2, 0.25) is 5.91 Å². The van der Waals surface area contributed by atoms with Crippen LogP contribution < -0.4 is 10.6 Å². The van der Waals surface area contributed by atoms with Crippen LogP contribution in [0.3, 0.4) is 0 Å². The molecule has 1 aliphatic rings. The van der Waals surface area contributed by atoms with Crippen molar-refractivity contribution in [1.29, 1.82) is 0 Å². The lowest BCUT2D eigenvalue weighted by molar-refractivity contribution is -0.127. The van der Waals surface area contributed by atoms with Crippen molar-refractivity contribution in [3.63, 3.8) is 0 Å². The molecule has 102 valence electrons. The van der Waals surface area contributed by atoms with Crippen LogP contribution in [-0.4, -0.2) is 55.1 Å². The third-order valence-electron chi connectivity index (χ3n) is 2.85. The number of nitrogens with zero attached hydrogens (tertiary/aromatic N) is 1. The Hall–Kier alpha value is -1.63. The van der Waals surface area contributed by atoms with Crippen molar-refractivity contribution in [3.05, 3.63) is 0 Å². The van der Waals surface area contributed by atoms with Crippen LogP contribution in [0.15, 0.2) is 0 Å². The lowest BCUT2D eigenvalue weighted by atomic mass is 10.0. The van der Waals surface area contributed by atoms with E-state index in [4.69, 9.17) is 4.74 Å². The van der Waals surface area contributed by atoms with Gasteiger partial charge in [-0.25, -0.2) is 4.79 Å². The Kier molecular flexibility index (Phi) is 4.66. The fourth-order valence-corrected chi connectivity index (χ4v) is 1.61. The van der Waals surface area contributed by atoms with Crippen molar-refractivity contribution in [2.24, 2.45) is 0 Å². The molecule has 1 saturated heterocycles. The molecule has 0 bridgehead atoms. The zero-order valence-corrected chi connectivity index (χ0v) is 10.9. The maximum absolute atomic E-state index is 11.6. The molecule has 0 aromatic heterocycles. The summed E-state index contributed by atoms with van der Waals surface area (Å²) in [5, 5.41) is 4.85. The van der Waals surface area contributed by atoms with Crippen LogP contribution >= 0.6 is 0 Å². The molecule has 0 saturated carbocycles. The number of ether oxygens (including phenoxy) is 1. The quantitative estimate of drug-likeness (QED) is 0.494. The summed E-state index contributed by atoms with van der Waals surface area (Å²) in [5.41, 5.74) is -0.985. The Morgan fingerprint density at radius 1 is 1.44 bits per heavy atom. The summed E-state index contributed by atoms with van der Waals surface area (Å²) in [5.74, 6) is -0.677. The van der Waals surface area contributed by atoms with E-state index in [2.05, 4.69) is 10.6 Å². The molecule has 1 fully saturated rings. The second-order valence-corrected chi connectivity index (χ2v) is 4.60. The molecule has 0 spiro atoms. The normalized spacial score (nSPS) is 17.8. The van der Waals surface area contributed by atoms with Crippen LogP contribution in [0.4, 0.5) is 4.79 Å². The van der Waals surface area contributed by atoms with E-state index in [1.165, 1.54) is 4.90 Å². The van der Waals surface area contributed by atoms with E-state index in [9.17, 15) is 14.4 Å². The summed E-state index contributed by atoms with van der Waals surface area (Å²) in [6.07, 6.45) is 0.705. The van der Waals surface area contributed by atoms with Gasteiger partial charge in [-0.15, -0.1) is 0 Å². The van der Waals surface area contributed by atoms with Crippen molar-refractivity contribution in [1.82, 2.24) is 15.5 Å². The number of carbonyl (C=O) groups is 3. The third-order valence-corrected chi connectivity index (χ3v) is 2.85. The van der Waals surface area contributed by atoms with Gasteiger partial charge >= 0.3 is 6.03 Å². The summed E-state index contributed by atoms with van der Waals surface area (Å²) >= 11 is 0. The van der Waals surface area contributed by atoms with Crippen molar-refractivity contribution in [3.8, 4) is 0 Å². The summed E-state index contributed by atoms with van der Waals surface area (Å²) < 4.78 is 4.85. The van der Waals surface area contributed by atoms with E-state index in [0.717, 1.165) is 0 Å². The van der Waals surface area contributed by atoms with Crippen LogP contribution in [0.2, 0.25) is 0 Å². The molecule has 0 unspecified atom stereocenters. The Morgan fingerprint density at radius 3 is 2.61 bits per heavy atom. The second-order valence-electron chi connectivity index (χ2n) is 4.60. The molecule has 2 N–H and O–H groups in total. The minimum Gasteiger partial charge on any atom is -0.385 e. The molecule has 0 radical (unpaired) electrons. The van der Waals surface area contributed by atoms with E-state index in [0.29, 0.717) is 19.6 Å². The topological polar surface area (TPSA) is 87.7 Å². The maximum atomic E-state index is 11.6. The standard InChI is InChI=1S/C11H19N3O4/c1-11(2)9(16)13-10(17)14(11)7-8(15)12-5-4-6-18-3/h4-7H2,1-3H3,(H,12,15)(H,13,16,17). The first-order chi connectivity index (χ1) is 8.39. The summed E-state index contributed by atoms with van der Waals surface area (Å²) in [7, 11) is 1.59. The number of imide groups is 1. The third kappa shape index (κ3) is 3.19. The van der Waals surface area contributed by atoms with Crippen LogP contribution in [0, 0.1) is 0 Å². The molecule has 7 heteroatoms. The van der Waals surface area contributed by atoms with Gasteiger partial charge < -0.3 is 15.0 Å². The number of urea groups is 1. The van der Waals surface area contributed by atoms with Crippen LogP contribution in [-0.2, 0) is 14.3 Å². The number of methoxy groups -OCH3 is 1. The zero-order chi connectivity index (χ0) is 13.8. The first-order valence-corrected chi connectivity index (χ1v) is 5.78. The molecule has 0 aliphatic carbocycles. The summed E-state index contributed by atoms with van der Waals surface area (Å²) in [4.78, 5) is 35.8. The number of amides is 4. The van der Waals surface area contributed by atoms with Crippen molar-refractivity contribution < 1.29 is 19.1 Å². The van der Waals surface area contributed by atoms with E-state index >= 15 is 0 Å². The van der Waals surface area contributed by atoms with Gasteiger partial charge in [0.25, 0.3) is 5.91 Å². The van der Waals surface area contributed by atoms with Crippen LogP contribution in [0.25, 0.3) is 0 Å².